The summed E-state index contributed by atoms with van der Waals surface area (Å²) < 4.78 is 0. The van der Waals surface area contributed by atoms with Crippen molar-refractivity contribution < 1.29 is 19.5 Å². The molecule has 0 aliphatic carbocycles. The number of halogens is 1. The molecule has 0 radical (unpaired) electrons. The largest absolute Gasteiger partial charge is 0.478 e. The third-order valence-corrected chi connectivity index (χ3v) is 3.02. The molecule has 0 bridgehead atoms. The number of hydrogen-bond donors (Lipinski definition) is 1. The minimum atomic E-state index is -1.09. The van der Waals surface area contributed by atoms with E-state index >= 15 is 0 Å². The molecule has 1 aliphatic heterocycles. The van der Waals surface area contributed by atoms with E-state index in [9.17, 15) is 14.4 Å². The highest BCUT2D eigenvalue weighted by Crippen LogP contribution is 2.22. The number of nitrogens with zero attached hydrogens (tertiary/aromatic N) is 2. The lowest BCUT2D eigenvalue weighted by atomic mass is 10.2. The third-order valence-electron chi connectivity index (χ3n) is 2.84. The number of rotatable bonds is 4. The summed E-state index contributed by atoms with van der Waals surface area (Å²) in [5.74, 6) is -1.45. The SMILES string of the molecule is O=C(O)c1cccc(N2CC(=O)N(C/C=C/Cl)C2=O)c1. The first-order valence-electron chi connectivity index (χ1n) is 5.75. The van der Waals surface area contributed by atoms with E-state index in [4.69, 9.17) is 16.7 Å². The third kappa shape index (κ3) is 2.65. The molecule has 3 amide bonds. The van der Waals surface area contributed by atoms with Crippen molar-refractivity contribution in [3.05, 3.63) is 41.4 Å². The van der Waals surface area contributed by atoms with Crippen LogP contribution < -0.4 is 4.90 Å². The first-order valence-corrected chi connectivity index (χ1v) is 6.18. The molecule has 0 aromatic heterocycles. The van der Waals surface area contributed by atoms with Gasteiger partial charge in [0.2, 0.25) is 0 Å². The molecule has 1 heterocycles. The molecule has 2 rings (SSSR count). The summed E-state index contributed by atoms with van der Waals surface area (Å²) in [6, 6.07) is 5.39. The Hall–Kier alpha value is -2.34. The molecule has 0 saturated carbocycles. The van der Waals surface area contributed by atoms with Gasteiger partial charge in [0.1, 0.15) is 6.54 Å². The Morgan fingerprint density at radius 2 is 2.15 bits per heavy atom. The molecule has 0 atom stereocenters. The van der Waals surface area contributed by atoms with Gasteiger partial charge in [-0.25, -0.2) is 9.59 Å². The predicted octanol–water partition coefficient (Wildman–Crippen LogP) is 1.91. The van der Waals surface area contributed by atoms with Crippen LogP contribution in [0.3, 0.4) is 0 Å². The van der Waals surface area contributed by atoms with Gasteiger partial charge in [-0.05, 0) is 18.2 Å². The smallest absolute Gasteiger partial charge is 0.335 e. The Kier molecular flexibility index (Phi) is 4.05. The van der Waals surface area contributed by atoms with Crippen LogP contribution in [0.15, 0.2) is 35.9 Å². The van der Waals surface area contributed by atoms with Crippen molar-refractivity contribution >= 4 is 35.2 Å². The Morgan fingerprint density at radius 1 is 1.40 bits per heavy atom. The summed E-state index contributed by atoms with van der Waals surface area (Å²) in [4.78, 5) is 37.1. The van der Waals surface area contributed by atoms with Gasteiger partial charge in [-0.1, -0.05) is 23.7 Å². The molecule has 0 unspecified atom stereocenters. The van der Waals surface area contributed by atoms with Crippen LogP contribution in [0, 0.1) is 0 Å². The van der Waals surface area contributed by atoms with Crippen LogP contribution >= 0.6 is 11.6 Å². The molecule has 7 heteroatoms. The van der Waals surface area contributed by atoms with E-state index in [1.807, 2.05) is 0 Å². The van der Waals surface area contributed by atoms with E-state index in [0.29, 0.717) is 5.69 Å². The number of aromatic carboxylic acids is 1. The van der Waals surface area contributed by atoms with E-state index in [-0.39, 0.29) is 24.6 Å². The summed E-state index contributed by atoms with van der Waals surface area (Å²) in [5.41, 5.74) is 1.66. The van der Waals surface area contributed by atoms with Crippen LogP contribution in [-0.4, -0.2) is 41.0 Å². The molecule has 0 spiro atoms. The van der Waals surface area contributed by atoms with Crippen molar-refractivity contribution in [2.45, 2.75) is 0 Å². The molecule has 1 fully saturated rings. The monoisotopic (exact) mass is 294 g/mol. The Morgan fingerprint density at radius 3 is 2.80 bits per heavy atom. The van der Waals surface area contributed by atoms with E-state index < -0.39 is 12.0 Å². The van der Waals surface area contributed by atoms with Gasteiger partial charge >= 0.3 is 12.0 Å². The van der Waals surface area contributed by atoms with Crippen molar-refractivity contribution in [3.8, 4) is 0 Å². The van der Waals surface area contributed by atoms with Crippen molar-refractivity contribution in [1.29, 1.82) is 0 Å². The lowest BCUT2D eigenvalue weighted by molar-refractivity contribution is -0.124. The molecule has 1 aliphatic rings. The topological polar surface area (TPSA) is 77.9 Å². The quantitative estimate of drug-likeness (QED) is 0.860. The fourth-order valence-corrected chi connectivity index (χ4v) is 1.95. The van der Waals surface area contributed by atoms with Crippen LogP contribution in [-0.2, 0) is 4.79 Å². The van der Waals surface area contributed by atoms with Crippen LogP contribution in [0.2, 0.25) is 0 Å². The summed E-state index contributed by atoms with van der Waals surface area (Å²) in [7, 11) is 0. The molecule has 1 aromatic rings. The van der Waals surface area contributed by atoms with Crippen LogP contribution in [0.1, 0.15) is 10.4 Å². The highest BCUT2D eigenvalue weighted by Gasteiger charge is 2.36. The van der Waals surface area contributed by atoms with Gasteiger partial charge in [0, 0.05) is 17.8 Å². The Bertz CT molecular complexity index is 600. The van der Waals surface area contributed by atoms with Crippen molar-refractivity contribution in [1.82, 2.24) is 4.90 Å². The van der Waals surface area contributed by atoms with Crippen LogP contribution in [0.5, 0.6) is 0 Å². The lowest BCUT2D eigenvalue weighted by Gasteiger charge is -2.16. The number of carboxylic acid groups (broad SMARTS) is 1. The molecule has 1 N–H and O–H groups in total. The number of urea groups is 1. The molecular weight excluding hydrogens is 284 g/mol. The maximum absolute atomic E-state index is 12.1. The minimum Gasteiger partial charge on any atom is -0.478 e. The van der Waals surface area contributed by atoms with Crippen LogP contribution in [0.4, 0.5) is 10.5 Å². The number of carbonyl (C=O) groups excluding carboxylic acids is 2. The van der Waals surface area contributed by atoms with Gasteiger partial charge in [-0.2, -0.15) is 0 Å². The molecule has 20 heavy (non-hydrogen) atoms. The van der Waals surface area contributed by atoms with Crippen molar-refractivity contribution in [3.63, 3.8) is 0 Å². The second-order valence-corrected chi connectivity index (χ2v) is 4.34. The van der Waals surface area contributed by atoms with E-state index in [1.165, 1.54) is 34.7 Å². The zero-order valence-electron chi connectivity index (χ0n) is 10.3. The highest BCUT2D eigenvalue weighted by atomic mass is 35.5. The maximum atomic E-state index is 12.1. The molecule has 6 nitrogen and oxygen atoms in total. The number of carboxylic acids is 1. The average Bonchev–Trinajstić information content (AvgIpc) is 2.72. The summed E-state index contributed by atoms with van der Waals surface area (Å²) in [6.07, 6.45) is 1.48. The summed E-state index contributed by atoms with van der Waals surface area (Å²) in [5, 5.41) is 8.93. The zero-order valence-corrected chi connectivity index (χ0v) is 11.1. The normalized spacial score (nSPS) is 15.4. The van der Waals surface area contributed by atoms with Gasteiger partial charge < -0.3 is 5.11 Å². The second kappa shape index (κ2) is 5.75. The zero-order chi connectivity index (χ0) is 14.7. The van der Waals surface area contributed by atoms with Gasteiger partial charge in [-0.15, -0.1) is 0 Å². The second-order valence-electron chi connectivity index (χ2n) is 4.09. The Labute approximate surface area is 119 Å². The van der Waals surface area contributed by atoms with E-state index in [0.717, 1.165) is 4.90 Å². The summed E-state index contributed by atoms with van der Waals surface area (Å²) >= 11 is 5.38. The molecule has 1 saturated heterocycles. The van der Waals surface area contributed by atoms with Gasteiger partial charge in [-0.3, -0.25) is 14.6 Å². The maximum Gasteiger partial charge on any atom is 0.335 e. The number of imide groups is 1. The minimum absolute atomic E-state index is 0.0573. The number of hydrogen-bond acceptors (Lipinski definition) is 3. The van der Waals surface area contributed by atoms with Crippen LogP contribution in [0.25, 0.3) is 0 Å². The fourth-order valence-electron chi connectivity index (χ4n) is 1.87. The molecule has 104 valence electrons. The number of carbonyl (C=O) groups is 3. The highest BCUT2D eigenvalue weighted by molar-refractivity contribution is 6.25. The van der Waals surface area contributed by atoms with Gasteiger partial charge in [0.05, 0.1) is 5.56 Å². The summed E-state index contributed by atoms with van der Waals surface area (Å²) in [6.45, 7) is -0.0195. The Balaban J connectivity index is 2.26. The molecular formula is C13H11ClN2O4. The first kappa shape index (κ1) is 14.1. The van der Waals surface area contributed by atoms with Gasteiger partial charge in [0.15, 0.2) is 0 Å². The fraction of sp³-hybridized carbons (Fsp3) is 0.154. The number of amides is 3. The number of anilines is 1. The number of benzene rings is 1. The molecule has 1 aromatic carbocycles. The lowest BCUT2D eigenvalue weighted by Crippen LogP contribution is -2.33. The predicted molar refractivity (Wildman–Crippen MR) is 72.8 cm³/mol. The van der Waals surface area contributed by atoms with Crippen molar-refractivity contribution in [2.24, 2.45) is 0 Å². The first-order chi connectivity index (χ1) is 9.54. The van der Waals surface area contributed by atoms with E-state index in [2.05, 4.69) is 0 Å². The van der Waals surface area contributed by atoms with E-state index in [1.54, 1.807) is 6.07 Å². The van der Waals surface area contributed by atoms with Crippen molar-refractivity contribution in [2.75, 3.05) is 18.0 Å². The average molecular weight is 295 g/mol. The standard InChI is InChI=1S/C13H11ClN2O4/c14-5-2-6-15-11(17)8-16(13(15)20)10-4-1-3-9(7-10)12(18)19/h1-5,7H,6,8H2,(H,18,19)/b5-2+. The van der Waals surface area contributed by atoms with Gasteiger partial charge in [0.25, 0.3) is 5.91 Å².